The number of hydrogen-bond donors (Lipinski definition) is 1. The maximum Gasteiger partial charge on any atom is 0.159 e. The number of nitrogens with zero attached hydrogens (tertiary/aromatic N) is 2. The van der Waals surface area contributed by atoms with Crippen molar-refractivity contribution in [3.63, 3.8) is 0 Å². The average molecular weight is 346 g/mol. The molecule has 0 spiro atoms. The van der Waals surface area contributed by atoms with Gasteiger partial charge >= 0.3 is 0 Å². The minimum absolute atomic E-state index is 0.107. The molecule has 138 valence electrons. The van der Waals surface area contributed by atoms with Gasteiger partial charge in [-0.3, -0.25) is 14.6 Å². The molecule has 1 aromatic carbocycles. The van der Waals surface area contributed by atoms with Gasteiger partial charge in [0.1, 0.15) is 0 Å². The summed E-state index contributed by atoms with van der Waals surface area (Å²) < 4.78 is 5.44. The monoisotopic (exact) mass is 346 g/mol. The van der Waals surface area contributed by atoms with Crippen LogP contribution in [-0.4, -0.2) is 73.2 Å². The van der Waals surface area contributed by atoms with E-state index in [0.717, 1.165) is 64.5 Å². The molecule has 2 atom stereocenters. The topological polar surface area (TPSA) is 53.0 Å². The van der Waals surface area contributed by atoms with Crippen LogP contribution in [0.1, 0.15) is 29.3 Å². The van der Waals surface area contributed by atoms with E-state index in [2.05, 4.69) is 21.9 Å². The molecule has 0 amide bonds. The van der Waals surface area contributed by atoms with Crippen LogP contribution in [0.2, 0.25) is 0 Å². The zero-order valence-electron chi connectivity index (χ0n) is 15.2. The lowest BCUT2D eigenvalue weighted by atomic mass is 9.88. The lowest BCUT2D eigenvalue weighted by molar-refractivity contribution is 0.0117. The molecule has 0 saturated carbocycles. The predicted octanol–water partition coefficient (Wildman–Crippen LogP) is 1.65. The lowest BCUT2D eigenvalue weighted by Gasteiger charge is -2.40. The number of Topliss-reactive ketones (excluding diaryl/α,β-unsaturated/α-hetero) is 1. The second-order valence-corrected chi connectivity index (χ2v) is 7.51. The van der Waals surface area contributed by atoms with Gasteiger partial charge in [0.2, 0.25) is 0 Å². The highest BCUT2D eigenvalue weighted by atomic mass is 16.5. The number of morpholine rings is 1. The summed E-state index contributed by atoms with van der Waals surface area (Å²) in [4.78, 5) is 16.4. The van der Waals surface area contributed by atoms with Crippen molar-refractivity contribution < 1.29 is 14.6 Å². The highest BCUT2D eigenvalue weighted by Gasteiger charge is 2.28. The van der Waals surface area contributed by atoms with Crippen molar-refractivity contribution in [2.45, 2.75) is 19.9 Å². The van der Waals surface area contributed by atoms with Gasteiger partial charge in [-0.25, -0.2) is 0 Å². The van der Waals surface area contributed by atoms with Crippen molar-refractivity contribution in [2.24, 2.45) is 11.8 Å². The maximum absolute atomic E-state index is 11.4. The van der Waals surface area contributed by atoms with Crippen LogP contribution in [0.5, 0.6) is 0 Å². The van der Waals surface area contributed by atoms with Gasteiger partial charge in [0.25, 0.3) is 0 Å². The van der Waals surface area contributed by atoms with Crippen molar-refractivity contribution in [3.8, 4) is 0 Å². The van der Waals surface area contributed by atoms with Crippen LogP contribution in [0.15, 0.2) is 24.3 Å². The predicted molar refractivity (Wildman–Crippen MR) is 97.7 cm³/mol. The molecule has 2 heterocycles. The van der Waals surface area contributed by atoms with E-state index in [9.17, 15) is 9.90 Å². The van der Waals surface area contributed by atoms with Crippen LogP contribution in [0.25, 0.3) is 0 Å². The molecular weight excluding hydrogens is 316 g/mol. The zero-order chi connectivity index (χ0) is 17.6. The molecule has 2 aliphatic rings. The van der Waals surface area contributed by atoms with Crippen LogP contribution >= 0.6 is 0 Å². The standard InChI is InChI=1S/C20H30N2O3/c1-16(24)20-4-2-17(3-5-20)11-22-13-18(10-19(14-22)15-23)12-21-6-8-25-9-7-21/h2-5,18-19,23H,6-15H2,1H3/t18-,19-/m1/s1. The number of hydrogen-bond acceptors (Lipinski definition) is 5. The SMILES string of the molecule is CC(=O)c1ccc(CN2C[C@H](CO)C[C@H](CN3CCOCC3)C2)cc1. The third-order valence-corrected chi connectivity index (χ3v) is 5.34. The van der Waals surface area contributed by atoms with Crippen molar-refractivity contribution in [2.75, 3.05) is 52.5 Å². The number of likely N-dealkylation sites (tertiary alicyclic amines) is 1. The summed E-state index contributed by atoms with van der Waals surface area (Å²) in [5.41, 5.74) is 1.99. The average Bonchev–Trinajstić information content (AvgIpc) is 2.63. The third-order valence-electron chi connectivity index (χ3n) is 5.34. The van der Waals surface area contributed by atoms with Gasteiger partial charge in [-0.2, -0.15) is 0 Å². The molecule has 0 unspecified atom stereocenters. The van der Waals surface area contributed by atoms with E-state index >= 15 is 0 Å². The molecule has 1 N–H and O–H groups in total. The minimum Gasteiger partial charge on any atom is -0.396 e. The Hall–Kier alpha value is -1.27. The fourth-order valence-corrected chi connectivity index (χ4v) is 4.07. The number of carbonyl (C=O) groups is 1. The largest absolute Gasteiger partial charge is 0.396 e. The number of benzene rings is 1. The number of aliphatic hydroxyl groups excluding tert-OH is 1. The van der Waals surface area contributed by atoms with Crippen molar-refractivity contribution in [1.29, 1.82) is 0 Å². The second kappa shape index (κ2) is 8.90. The first kappa shape index (κ1) is 18.5. The highest BCUT2D eigenvalue weighted by Crippen LogP contribution is 2.24. The molecule has 2 fully saturated rings. The van der Waals surface area contributed by atoms with E-state index in [-0.39, 0.29) is 12.4 Å². The Morgan fingerprint density at radius 2 is 1.80 bits per heavy atom. The van der Waals surface area contributed by atoms with E-state index in [4.69, 9.17) is 4.74 Å². The normalized spacial score (nSPS) is 25.8. The molecule has 0 radical (unpaired) electrons. The van der Waals surface area contributed by atoms with Gasteiger partial charge < -0.3 is 9.84 Å². The van der Waals surface area contributed by atoms with Gasteiger partial charge in [-0.1, -0.05) is 24.3 Å². The quantitative estimate of drug-likeness (QED) is 0.794. The number of ketones is 1. The Kier molecular flexibility index (Phi) is 6.59. The first-order valence-corrected chi connectivity index (χ1v) is 9.37. The number of carbonyl (C=O) groups excluding carboxylic acids is 1. The molecule has 2 aliphatic heterocycles. The van der Waals surface area contributed by atoms with Crippen LogP contribution < -0.4 is 0 Å². The van der Waals surface area contributed by atoms with E-state index in [1.54, 1.807) is 6.92 Å². The van der Waals surface area contributed by atoms with Gasteiger partial charge in [-0.05, 0) is 30.7 Å². The van der Waals surface area contributed by atoms with Crippen LogP contribution in [0.3, 0.4) is 0 Å². The van der Waals surface area contributed by atoms with Crippen LogP contribution in [0.4, 0.5) is 0 Å². The number of rotatable bonds is 6. The summed E-state index contributed by atoms with van der Waals surface area (Å²) in [5, 5.41) is 9.70. The third kappa shape index (κ3) is 5.35. The van der Waals surface area contributed by atoms with E-state index in [0.29, 0.717) is 11.8 Å². The van der Waals surface area contributed by atoms with Crippen molar-refractivity contribution >= 4 is 5.78 Å². The molecular formula is C20H30N2O3. The number of piperidine rings is 1. The zero-order valence-corrected chi connectivity index (χ0v) is 15.2. The number of ether oxygens (including phenoxy) is 1. The molecule has 2 saturated heterocycles. The van der Waals surface area contributed by atoms with Gasteiger partial charge in [-0.15, -0.1) is 0 Å². The van der Waals surface area contributed by atoms with E-state index in [1.807, 2.05) is 12.1 Å². The highest BCUT2D eigenvalue weighted by molar-refractivity contribution is 5.93. The van der Waals surface area contributed by atoms with Crippen LogP contribution in [-0.2, 0) is 11.3 Å². The summed E-state index contributed by atoms with van der Waals surface area (Å²) in [6, 6.07) is 7.93. The van der Waals surface area contributed by atoms with Gasteiger partial charge in [0, 0.05) is 51.4 Å². The molecule has 25 heavy (non-hydrogen) atoms. The maximum atomic E-state index is 11.4. The van der Waals surface area contributed by atoms with Crippen molar-refractivity contribution in [1.82, 2.24) is 9.80 Å². The molecule has 0 aromatic heterocycles. The summed E-state index contributed by atoms with van der Waals surface area (Å²) >= 11 is 0. The molecule has 0 bridgehead atoms. The Morgan fingerprint density at radius 3 is 2.44 bits per heavy atom. The molecule has 3 rings (SSSR count). The first-order chi connectivity index (χ1) is 12.1. The lowest BCUT2D eigenvalue weighted by Crippen LogP contribution is -2.47. The Morgan fingerprint density at radius 1 is 1.12 bits per heavy atom. The summed E-state index contributed by atoms with van der Waals surface area (Å²) in [7, 11) is 0. The van der Waals surface area contributed by atoms with E-state index in [1.165, 1.54) is 5.56 Å². The molecule has 5 heteroatoms. The Balaban J connectivity index is 1.58. The summed E-state index contributed by atoms with van der Waals surface area (Å²) in [6.45, 7) is 9.58. The summed E-state index contributed by atoms with van der Waals surface area (Å²) in [6.07, 6.45) is 1.10. The fraction of sp³-hybridized carbons (Fsp3) is 0.650. The van der Waals surface area contributed by atoms with Gasteiger partial charge in [0.05, 0.1) is 13.2 Å². The Labute approximate surface area is 150 Å². The number of aliphatic hydroxyl groups is 1. The molecule has 1 aromatic rings. The first-order valence-electron chi connectivity index (χ1n) is 9.37. The van der Waals surface area contributed by atoms with Crippen molar-refractivity contribution in [3.05, 3.63) is 35.4 Å². The minimum atomic E-state index is 0.107. The Bertz CT molecular complexity index is 555. The smallest absolute Gasteiger partial charge is 0.159 e. The molecule has 5 nitrogen and oxygen atoms in total. The van der Waals surface area contributed by atoms with Crippen LogP contribution in [0, 0.1) is 11.8 Å². The summed E-state index contributed by atoms with van der Waals surface area (Å²) in [5.74, 6) is 1.06. The fourth-order valence-electron chi connectivity index (χ4n) is 4.07. The molecule has 0 aliphatic carbocycles. The van der Waals surface area contributed by atoms with E-state index < -0.39 is 0 Å². The van der Waals surface area contributed by atoms with Gasteiger partial charge in [0.15, 0.2) is 5.78 Å². The second-order valence-electron chi connectivity index (χ2n) is 7.51.